The quantitative estimate of drug-likeness (QED) is 0.532. The summed E-state index contributed by atoms with van der Waals surface area (Å²) in [5.74, 6) is -0.118. The predicted molar refractivity (Wildman–Crippen MR) is 68.2 cm³/mol. The van der Waals surface area contributed by atoms with E-state index in [9.17, 15) is 9.59 Å². The van der Waals surface area contributed by atoms with Crippen molar-refractivity contribution in [2.45, 2.75) is 32.3 Å². The molecular weight excluding hydrogens is 234 g/mol. The van der Waals surface area contributed by atoms with Crippen LogP contribution in [-0.4, -0.2) is 50.7 Å². The Hall–Kier alpha value is -1.14. The van der Waals surface area contributed by atoms with Crippen molar-refractivity contribution >= 4 is 11.8 Å². The Labute approximate surface area is 108 Å². The fraction of sp³-hybridized carbons (Fsp3) is 0.833. The maximum absolute atomic E-state index is 11.4. The molecule has 0 aromatic carbocycles. The van der Waals surface area contributed by atoms with Gasteiger partial charge in [-0.05, 0) is 25.9 Å². The van der Waals surface area contributed by atoms with Crippen LogP contribution in [0.3, 0.4) is 0 Å². The van der Waals surface area contributed by atoms with Gasteiger partial charge in [-0.15, -0.1) is 0 Å². The van der Waals surface area contributed by atoms with Gasteiger partial charge in [-0.3, -0.25) is 9.59 Å². The lowest BCUT2D eigenvalue weighted by Gasteiger charge is -2.22. The first-order valence-corrected chi connectivity index (χ1v) is 6.52. The van der Waals surface area contributed by atoms with Crippen molar-refractivity contribution in [3.8, 4) is 0 Å². The highest BCUT2D eigenvalue weighted by Crippen LogP contribution is 2.07. The molecule has 104 valence electrons. The van der Waals surface area contributed by atoms with Gasteiger partial charge in [0, 0.05) is 26.4 Å². The van der Waals surface area contributed by atoms with E-state index in [1.165, 1.54) is 6.92 Å². The van der Waals surface area contributed by atoms with E-state index in [1.54, 1.807) is 0 Å². The van der Waals surface area contributed by atoms with Gasteiger partial charge in [-0.1, -0.05) is 0 Å². The van der Waals surface area contributed by atoms with Crippen LogP contribution < -0.4 is 16.0 Å². The number of hydrogen-bond acceptors (Lipinski definition) is 4. The van der Waals surface area contributed by atoms with Crippen LogP contribution in [0, 0.1) is 0 Å². The normalized spacial score (nSPS) is 16.3. The van der Waals surface area contributed by atoms with E-state index in [1.807, 2.05) is 0 Å². The summed E-state index contributed by atoms with van der Waals surface area (Å²) in [7, 11) is 0. The zero-order valence-electron chi connectivity index (χ0n) is 11.0. The minimum Gasteiger partial charge on any atom is -0.378 e. The molecule has 1 saturated heterocycles. The van der Waals surface area contributed by atoms with Crippen LogP contribution in [0.2, 0.25) is 0 Å². The summed E-state index contributed by atoms with van der Waals surface area (Å²) >= 11 is 0. The van der Waals surface area contributed by atoms with Crippen molar-refractivity contribution in [1.29, 1.82) is 0 Å². The molecule has 0 spiro atoms. The molecule has 0 atom stereocenters. The third-order valence-corrected chi connectivity index (χ3v) is 2.79. The molecule has 3 N–H and O–H groups in total. The molecule has 6 heteroatoms. The average Bonchev–Trinajstić information content (AvgIpc) is 2.36. The number of piperidine rings is 1. The number of carbonyl (C=O) groups is 2. The van der Waals surface area contributed by atoms with E-state index in [2.05, 4.69) is 16.0 Å². The zero-order chi connectivity index (χ0) is 13.2. The minimum atomic E-state index is -0.0847. The molecule has 0 aromatic heterocycles. The number of ether oxygens (including phenoxy) is 1. The van der Waals surface area contributed by atoms with Gasteiger partial charge in [0.25, 0.3) is 0 Å². The van der Waals surface area contributed by atoms with Gasteiger partial charge in [-0.25, -0.2) is 0 Å². The fourth-order valence-corrected chi connectivity index (χ4v) is 1.81. The lowest BCUT2D eigenvalue weighted by Crippen LogP contribution is -2.35. The molecule has 6 nitrogen and oxygen atoms in total. The van der Waals surface area contributed by atoms with E-state index in [0.717, 1.165) is 25.9 Å². The smallest absolute Gasteiger partial charge is 0.222 e. The van der Waals surface area contributed by atoms with Gasteiger partial charge in [0.15, 0.2) is 0 Å². The lowest BCUT2D eigenvalue weighted by atomic mass is 10.1. The first kappa shape index (κ1) is 14.9. The summed E-state index contributed by atoms with van der Waals surface area (Å²) in [6.07, 6.45) is 2.71. The first-order valence-electron chi connectivity index (χ1n) is 6.52. The van der Waals surface area contributed by atoms with E-state index in [-0.39, 0.29) is 11.8 Å². The largest absolute Gasteiger partial charge is 0.378 e. The van der Waals surface area contributed by atoms with E-state index < -0.39 is 0 Å². The highest BCUT2D eigenvalue weighted by Gasteiger charge is 2.13. The maximum atomic E-state index is 11.4. The zero-order valence-corrected chi connectivity index (χ0v) is 11.0. The second-order valence-corrected chi connectivity index (χ2v) is 4.40. The van der Waals surface area contributed by atoms with Gasteiger partial charge in [0.2, 0.25) is 11.8 Å². The van der Waals surface area contributed by atoms with Crippen molar-refractivity contribution in [3.63, 3.8) is 0 Å². The summed E-state index contributed by atoms with van der Waals surface area (Å²) in [5.41, 5.74) is 0. The summed E-state index contributed by atoms with van der Waals surface area (Å²) in [6, 6.07) is 0. The second kappa shape index (κ2) is 8.88. The molecule has 0 aromatic rings. The Bertz CT molecular complexity index is 265. The SMILES string of the molecule is CC(=O)NCCNC(=O)CCOC1CCNCC1. The molecule has 2 amide bonds. The highest BCUT2D eigenvalue weighted by atomic mass is 16.5. The summed E-state index contributed by atoms with van der Waals surface area (Å²) in [5, 5.41) is 8.61. The monoisotopic (exact) mass is 257 g/mol. The third-order valence-electron chi connectivity index (χ3n) is 2.79. The van der Waals surface area contributed by atoms with E-state index in [4.69, 9.17) is 4.74 Å². The molecule has 1 heterocycles. The summed E-state index contributed by atoms with van der Waals surface area (Å²) in [4.78, 5) is 22.0. The number of nitrogens with one attached hydrogen (secondary N) is 3. The molecule has 0 unspecified atom stereocenters. The Morgan fingerprint density at radius 1 is 1.22 bits per heavy atom. The highest BCUT2D eigenvalue weighted by molar-refractivity contribution is 5.76. The number of rotatable bonds is 7. The van der Waals surface area contributed by atoms with E-state index >= 15 is 0 Å². The van der Waals surface area contributed by atoms with Gasteiger partial charge in [0.1, 0.15) is 0 Å². The number of hydrogen-bond donors (Lipinski definition) is 3. The Morgan fingerprint density at radius 3 is 2.56 bits per heavy atom. The van der Waals surface area contributed by atoms with Crippen LogP contribution >= 0.6 is 0 Å². The van der Waals surface area contributed by atoms with Crippen molar-refractivity contribution in [2.24, 2.45) is 0 Å². The Kier molecular flexibility index (Phi) is 7.36. The Morgan fingerprint density at radius 2 is 1.89 bits per heavy atom. The van der Waals surface area contributed by atoms with Crippen LogP contribution in [0.5, 0.6) is 0 Å². The second-order valence-electron chi connectivity index (χ2n) is 4.40. The molecule has 1 fully saturated rings. The first-order chi connectivity index (χ1) is 8.68. The van der Waals surface area contributed by atoms with Gasteiger partial charge in [0.05, 0.1) is 12.7 Å². The number of carbonyl (C=O) groups excluding carboxylic acids is 2. The lowest BCUT2D eigenvalue weighted by molar-refractivity contribution is -0.123. The van der Waals surface area contributed by atoms with Crippen LogP contribution in [0.4, 0.5) is 0 Å². The molecule has 0 radical (unpaired) electrons. The molecule has 0 saturated carbocycles. The van der Waals surface area contributed by atoms with Crippen LogP contribution in [0.15, 0.2) is 0 Å². The van der Waals surface area contributed by atoms with Crippen molar-refractivity contribution < 1.29 is 14.3 Å². The van der Waals surface area contributed by atoms with Crippen molar-refractivity contribution in [2.75, 3.05) is 32.8 Å². The van der Waals surface area contributed by atoms with Crippen LogP contribution in [-0.2, 0) is 14.3 Å². The molecule has 0 bridgehead atoms. The molecule has 18 heavy (non-hydrogen) atoms. The van der Waals surface area contributed by atoms with Gasteiger partial charge < -0.3 is 20.7 Å². The predicted octanol–water partition coefficient (Wildman–Crippen LogP) is -0.603. The molecule has 1 aliphatic rings. The molecule has 0 aliphatic carbocycles. The molecule has 1 aliphatic heterocycles. The average molecular weight is 257 g/mol. The Balaban J connectivity index is 1.94. The number of amides is 2. The van der Waals surface area contributed by atoms with Gasteiger partial charge >= 0.3 is 0 Å². The third kappa shape index (κ3) is 7.24. The fourth-order valence-electron chi connectivity index (χ4n) is 1.81. The van der Waals surface area contributed by atoms with Gasteiger partial charge in [-0.2, -0.15) is 0 Å². The van der Waals surface area contributed by atoms with Crippen molar-refractivity contribution in [1.82, 2.24) is 16.0 Å². The maximum Gasteiger partial charge on any atom is 0.222 e. The topological polar surface area (TPSA) is 79.5 Å². The summed E-state index contributed by atoms with van der Waals surface area (Å²) in [6.45, 7) is 4.84. The summed E-state index contributed by atoms with van der Waals surface area (Å²) < 4.78 is 5.63. The van der Waals surface area contributed by atoms with Crippen molar-refractivity contribution in [3.05, 3.63) is 0 Å². The minimum absolute atomic E-state index is 0.0331. The molecule has 1 rings (SSSR count). The van der Waals surface area contributed by atoms with Crippen LogP contribution in [0.25, 0.3) is 0 Å². The molecular formula is C12H23N3O3. The van der Waals surface area contributed by atoms with Crippen LogP contribution in [0.1, 0.15) is 26.2 Å². The van der Waals surface area contributed by atoms with E-state index in [0.29, 0.717) is 32.2 Å². The standard InChI is InChI=1S/C12H23N3O3/c1-10(16)14-7-8-15-12(17)4-9-18-11-2-5-13-6-3-11/h11,13H,2-9H2,1H3,(H,14,16)(H,15,17).